The van der Waals surface area contributed by atoms with E-state index in [0.717, 1.165) is 28.8 Å². The minimum Gasteiger partial charge on any atom is -0.297 e. The highest BCUT2D eigenvalue weighted by atomic mass is 79.9. The van der Waals surface area contributed by atoms with Crippen LogP contribution >= 0.6 is 15.9 Å². The first-order chi connectivity index (χ1) is 7.68. The molecule has 1 aromatic carbocycles. The molecule has 0 spiro atoms. The van der Waals surface area contributed by atoms with E-state index in [2.05, 4.69) is 15.9 Å². The molecule has 0 bridgehead atoms. The lowest BCUT2D eigenvalue weighted by molar-refractivity contribution is -0.123. The first-order valence-corrected chi connectivity index (χ1v) is 6.24. The Kier molecular flexibility index (Phi) is 3.61. The van der Waals surface area contributed by atoms with Gasteiger partial charge in [-0.2, -0.15) is 0 Å². The summed E-state index contributed by atoms with van der Waals surface area (Å²) in [5.41, 5.74) is 0.670. The number of carbonyl (C=O) groups excluding carboxylic acids is 1. The van der Waals surface area contributed by atoms with Crippen molar-refractivity contribution in [3.05, 3.63) is 28.7 Å². The minimum atomic E-state index is -0.366. The van der Waals surface area contributed by atoms with Crippen LogP contribution in [-0.4, -0.2) is 17.0 Å². The average Bonchev–Trinajstić information content (AvgIpc) is 2.30. The fraction of sp³-hybridized carbons (Fsp3) is 0.417. The fourth-order valence-corrected chi connectivity index (χ4v) is 2.26. The van der Waals surface area contributed by atoms with Crippen molar-refractivity contribution in [2.24, 2.45) is 0 Å². The molecule has 1 atom stereocenters. The van der Waals surface area contributed by atoms with Crippen LogP contribution in [0.2, 0.25) is 0 Å². The van der Waals surface area contributed by atoms with Crippen LogP contribution in [0.5, 0.6) is 0 Å². The quantitative estimate of drug-likeness (QED) is 0.848. The summed E-state index contributed by atoms with van der Waals surface area (Å²) in [6.07, 6.45) is 3.27. The molecule has 1 N–H and O–H groups in total. The molecule has 0 heterocycles. The van der Waals surface area contributed by atoms with Gasteiger partial charge in [-0.05, 0) is 37.1 Å². The summed E-state index contributed by atoms with van der Waals surface area (Å²) in [5, 5.41) is 11.1. The Morgan fingerprint density at radius 1 is 1.25 bits per heavy atom. The van der Waals surface area contributed by atoms with Gasteiger partial charge in [-0.3, -0.25) is 10.0 Å². The van der Waals surface area contributed by atoms with Crippen LogP contribution in [0.1, 0.15) is 25.7 Å². The summed E-state index contributed by atoms with van der Waals surface area (Å²) in [6, 6.07) is 6.94. The highest BCUT2D eigenvalue weighted by molar-refractivity contribution is 9.10. The van der Waals surface area contributed by atoms with E-state index >= 15 is 0 Å². The number of anilines is 1. The summed E-state index contributed by atoms with van der Waals surface area (Å²) in [5.74, 6) is 0.136. The van der Waals surface area contributed by atoms with E-state index in [1.165, 1.54) is 0 Å². The van der Waals surface area contributed by atoms with Gasteiger partial charge >= 0.3 is 0 Å². The van der Waals surface area contributed by atoms with Crippen molar-refractivity contribution < 1.29 is 10.0 Å². The summed E-state index contributed by atoms with van der Waals surface area (Å²) >= 11 is 3.34. The zero-order valence-electron chi connectivity index (χ0n) is 8.90. The molecular weight excluding hydrogens is 270 g/mol. The van der Waals surface area contributed by atoms with Gasteiger partial charge in [0.25, 0.3) is 0 Å². The van der Waals surface area contributed by atoms with Crippen molar-refractivity contribution >= 4 is 27.4 Å². The molecule has 0 radical (unpaired) electrons. The first-order valence-electron chi connectivity index (χ1n) is 5.45. The molecule has 1 aromatic rings. The van der Waals surface area contributed by atoms with Gasteiger partial charge in [0.1, 0.15) is 6.04 Å². The number of rotatable bonds is 2. The SMILES string of the molecule is O=C1CCCC[C@H]1N(O)c1ccc(Br)cc1. The van der Waals surface area contributed by atoms with E-state index in [-0.39, 0.29) is 11.8 Å². The van der Waals surface area contributed by atoms with Crippen LogP contribution in [0, 0.1) is 0 Å². The number of hydrogen-bond donors (Lipinski definition) is 1. The predicted octanol–water partition coefficient (Wildman–Crippen LogP) is 3.16. The molecular formula is C12H14BrNO2. The van der Waals surface area contributed by atoms with Crippen LogP contribution in [0.15, 0.2) is 28.7 Å². The molecule has 16 heavy (non-hydrogen) atoms. The molecule has 1 saturated carbocycles. The Morgan fingerprint density at radius 3 is 2.56 bits per heavy atom. The average molecular weight is 284 g/mol. The highest BCUT2D eigenvalue weighted by Crippen LogP contribution is 2.24. The molecule has 0 saturated heterocycles. The summed E-state index contributed by atoms with van der Waals surface area (Å²) in [7, 11) is 0. The van der Waals surface area contributed by atoms with Gasteiger partial charge in [0, 0.05) is 10.9 Å². The lowest BCUT2D eigenvalue weighted by atomic mass is 9.93. The van der Waals surface area contributed by atoms with Gasteiger partial charge in [-0.15, -0.1) is 0 Å². The third kappa shape index (κ3) is 2.44. The summed E-state index contributed by atoms with van der Waals surface area (Å²) < 4.78 is 0.958. The second-order valence-electron chi connectivity index (χ2n) is 4.05. The summed E-state index contributed by atoms with van der Waals surface area (Å²) in [4.78, 5) is 11.7. The van der Waals surface area contributed by atoms with Crippen LogP contribution < -0.4 is 5.06 Å². The normalized spacial score (nSPS) is 20.9. The Morgan fingerprint density at radius 2 is 1.94 bits per heavy atom. The third-order valence-electron chi connectivity index (χ3n) is 2.91. The number of hydroxylamine groups is 1. The zero-order valence-corrected chi connectivity index (χ0v) is 10.5. The number of carbonyl (C=O) groups is 1. The Hall–Kier alpha value is -0.870. The van der Waals surface area contributed by atoms with Crippen LogP contribution in [0.25, 0.3) is 0 Å². The molecule has 2 rings (SSSR count). The topological polar surface area (TPSA) is 40.5 Å². The van der Waals surface area contributed by atoms with Crippen LogP contribution in [0.4, 0.5) is 5.69 Å². The highest BCUT2D eigenvalue weighted by Gasteiger charge is 2.27. The van der Waals surface area contributed by atoms with Gasteiger partial charge in [0.15, 0.2) is 5.78 Å². The smallest absolute Gasteiger partial charge is 0.157 e. The number of nitrogens with zero attached hydrogens (tertiary/aromatic N) is 1. The van der Waals surface area contributed by atoms with Crippen molar-refractivity contribution in [2.75, 3.05) is 5.06 Å². The maximum absolute atomic E-state index is 11.7. The van der Waals surface area contributed by atoms with Crippen molar-refractivity contribution in [1.82, 2.24) is 0 Å². The zero-order chi connectivity index (χ0) is 11.5. The maximum atomic E-state index is 11.7. The fourth-order valence-electron chi connectivity index (χ4n) is 2.00. The van der Waals surface area contributed by atoms with Gasteiger partial charge in [0.2, 0.25) is 0 Å². The molecule has 3 nitrogen and oxygen atoms in total. The van der Waals surface area contributed by atoms with Crippen LogP contribution in [-0.2, 0) is 4.79 Å². The number of ketones is 1. The van der Waals surface area contributed by atoms with E-state index in [4.69, 9.17) is 0 Å². The lowest BCUT2D eigenvalue weighted by Gasteiger charge is -2.29. The number of benzene rings is 1. The Labute approximate surface area is 103 Å². The lowest BCUT2D eigenvalue weighted by Crippen LogP contribution is -2.40. The third-order valence-corrected chi connectivity index (χ3v) is 3.44. The molecule has 4 heteroatoms. The van der Waals surface area contributed by atoms with Gasteiger partial charge < -0.3 is 0 Å². The largest absolute Gasteiger partial charge is 0.297 e. The minimum absolute atomic E-state index is 0.136. The second kappa shape index (κ2) is 4.97. The second-order valence-corrected chi connectivity index (χ2v) is 4.96. The molecule has 0 amide bonds. The molecule has 0 aromatic heterocycles. The molecule has 1 aliphatic rings. The van der Waals surface area contributed by atoms with E-state index in [1.807, 2.05) is 12.1 Å². The van der Waals surface area contributed by atoms with Gasteiger partial charge in [0.05, 0.1) is 5.69 Å². The number of halogens is 1. The molecule has 0 aliphatic heterocycles. The Balaban J connectivity index is 2.14. The predicted molar refractivity (Wildman–Crippen MR) is 65.7 cm³/mol. The number of hydrogen-bond acceptors (Lipinski definition) is 3. The van der Waals surface area contributed by atoms with E-state index in [0.29, 0.717) is 12.1 Å². The summed E-state index contributed by atoms with van der Waals surface area (Å²) in [6.45, 7) is 0. The monoisotopic (exact) mass is 283 g/mol. The van der Waals surface area contributed by atoms with Gasteiger partial charge in [-0.25, -0.2) is 5.06 Å². The van der Waals surface area contributed by atoms with Crippen LogP contribution in [0.3, 0.4) is 0 Å². The van der Waals surface area contributed by atoms with Crippen molar-refractivity contribution in [1.29, 1.82) is 0 Å². The van der Waals surface area contributed by atoms with E-state index in [1.54, 1.807) is 12.1 Å². The van der Waals surface area contributed by atoms with E-state index in [9.17, 15) is 10.0 Å². The molecule has 1 fully saturated rings. The molecule has 1 aliphatic carbocycles. The molecule has 0 unspecified atom stereocenters. The standard InChI is InChI=1S/C12H14BrNO2/c13-9-5-7-10(8-6-9)14(16)11-3-1-2-4-12(11)15/h5-8,11,16H,1-4H2/t11-/m1/s1. The van der Waals surface area contributed by atoms with Crippen molar-refractivity contribution in [3.8, 4) is 0 Å². The van der Waals surface area contributed by atoms with Gasteiger partial charge in [-0.1, -0.05) is 22.4 Å². The van der Waals surface area contributed by atoms with Crippen molar-refractivity contribution in [3.63, 3.8) is 0 Å². The van der Waals surface area contributed by atoms with Crippen molar-refractivity contribution in [2.45, 2.75) is 31.7 Å². The maximum Gasteiger partial charge on any atom is 0.157 e. The first kappa shape index (κ1) is 11.6. The van der Waals surface area contributed by atoms with E-state index < -0.39 is 0 Å². The number of Topliss-reactive ketones (excluding diaryl/α,β-unsaturated/α-hetero) is 1. The molecule has 86 valence electrons. The Bertz CT molecular complexity index is 377.